The van der Waals surface area contributed by atoms with Gasteiger partial charge in [0.2, 0.25) is 0 Å². The summed E-state index contributed by atoms with van der Waals surface area (Å²) in [4.78, 5) is 12.1. The van der Waals surface area contributed by atoms with Crippen molar-refractivity contribution in [2.24, 2.45) is 0 Å². The zero-order chi connectivity index (χ0) is 16.5. The lowest BCUT2D eigenvalue weighted by molar-refractivity contribution is -0.137. The number of carbonyl (C=O) groups is 1. The van der Waals surface area contributed by atoms with E-state index in [0.717, 1.165) is 18.2 Å². The molecule has 1 N–H and O–H groups in total. The molecule has 0 spiro atoms. The lowest BCUT2D eigenvalue weighted by Crippen LogP contribution is -2.15. The van der Waals surface area contributed by atoms with Crippen LogP contribution in [0.5, 0.6) is 0 Å². The fraction of sp³-hybridized carbons (Fsp3) is 0.231. The van der Waals surface area contributed by atoms with Crippen LogP contribution in [0.4, 0.5) is 18.9 Å². The van der Waals surface area contributed by atoms with Gasteiger partial charge in [0.05, 0.1) is 20.7 Å². The average Bonchev–Trinajstić information content (AvgIpc) is 2.81. The smallest absolute Gasteiger partial charge is 0.319 e. The molecule has 9 heteroatoms. The number of aromatic nitrogens is 2. The third-order valence-electron chi connectivity index (χ3n) is 2.80. The second kappa shape index (κ2) is 6.29. The molecule has 22 heavy (non-hydrogen) atoms. The second-order valence-electron chi connectivity index (χ2n) is 4.33. The van der Waals surface area contributed by atoms with Crippen molar-refractivity contribution in [1.82, 2.24) is 9.78 Å². The monoisotopic (exact) mass is 395 g/mol. The number of hydrogen-bond donors (Lipinski definition) is 1. The molecule has 0 saturated carbocycles. The van der Waals surface area contributed by atoms with Gasteiger partial charge in [-0.1, -0.05) is 11.6 Å². The number of amides is 1. The normalized spacial score (nSPS) is 11.5. The maximum atomic E-state index is 12.7. The Bertz CT molecular complexity index is 715. The van der Waals surface area contributed by atoms with E-state index in [0.29, 0.717) is 11.0 Å². The summed E-state index contributed by atoms with van der Waals surface area (Å²) in [6, 6.07) is 2.71. The number of nitrogens with zero attached hydrogens (tertiary/aromatic N) is 2. The summed E-state index contributed by atoms with van der Waals surface area (Å²) >= 11 is 9.01. The maximum absolute atomic E-state index is 12.7. The summed E-state index contributed by atoms with van der Waals surface area (Å²) < 4.78 is 40.0. The highest BCUT2D eigenvalue weighted by Gasteiger charge is 2.31. The van der Waals surface area contributed by atoms with Gasteiger partial charge < -0.3 is 5.32 Å². The van der Waals surface area contributed by atoms with E-state index < -0.39 is 17.6 Å². The van der Waals surface area contributed by atoms with Gasteiger partial charge in [0.25, 0.3) is 5.91 Å². The van der Waals surface area contributed by atoms with Crippen LogP contribution in [-0.2, 0) is 12.7 Å². The highest BCUT2D eigenvalue weighted by atomic mass is 79.9. The summed E-state index contributed by atoms with van der Waals surface area (Å²) in [6.07, 6.45) is -2.92. The van der Waals surface area contributed by atoms with Gasteiger partial charge in [-0.3, -0.25) is 9.48 Å². The molecule has 0 unspecified atom stereocenters. The van der Waals surface area contributed by atoms with E-state index in [-0.39, 0.29) is 16.4 Å². The first-order chi connectivity index (χ1) is 10.2. The summed E-state index contributed by atoms with van der Waals surface area (Å²) in [6.45, 7) is 2.39. The number of halogens is 5. The SMILES string of the molecule is CCn1cc(Br)c(C(=O)Nc2cc(C(F)(F)F)ccc2Cl)n1. The van der Waals surface area contributed by atoms with Crippen LogP contribution < -0.4 is 5.32 Å². The molecule has 0 saturated heterocycles. The molecule has 4 nitrogen and oxygen atoms in total. The maximum Gasteiger partial charge on any atom is 0.416 e. The zero-order valence-electron chi connectivity index (χ0n) is 11.2. The third-order valence-corrected chi connectivity index (χ3v) is 3.71. The fourth-order valence-corrected chi connectivity index (χ4v) is 2.35. The number of alkyl halides is 3. The van der Waals surface area contributed by atoms with Crippen LogP contribution in [0.15, 0.2) is 28.9 Å². The van der Waals surface area contributed by atoms with Crippen LogP contribution in [0.25, 0.3) is 0 Å². The number of nitrogens with one attached hydrogen (secondary N) is 1. The van der Waals surface area contributed by atoms with E-state index in [4.69, 9.17) is 11.6 Å². The first-order valence-corrected chi connectivity index (χ1v) is 7.30. The Hall–Kier alpha value is -1.54. The van der Waals surface area contributed by atoms with Crippen LogP contribution in [0.2, 0.25) is 5.02 Å². The number of benzene rings is 1. The van der Waals surface area contributed by atoms with Gasteiger partial charge in [-0.25, -0.2) is 0 Å². The second-order valence-corrected chi connectivity index (χ2v) is 5.59. The van der Waals surface area contributed by atoms with Crippen molar-refractivity contribution in [1.29, 1.82) is 0 Å². The van der Waals surface area contributed by atoms with Gasteiger partial charge >= 0.3 is 6.18 Å². The fourth-order valence-electron chi connectivity index (χ4n) is 1.69. The minimum Gasteiger partial charge on any atom is -0.319 e. The van der Waals surface area contributed by atoms with Gasteiger partial charge in [0.1, 0.15) is 0 Å². The third kappa shape index (κ3) is 3.61. The average molecular weight is 397 g/mol. The molecule has 118 valence electrons. The minimum atomic E-state index is -4.52. The molecular formula is C13H10BrClF3N3O. The molecule has 1 amide bonds. The molecule has 0 fully saturated rings. The van der Waals surface area contributed by atoms with Crippen molar-refractivity contribution in [2.75, 3.05) is 5.32 Å². The Morgan fingerprint density at radius 3 is 2.68 bits per heavy atom. The van der Waals surface area contributed by atoms with Crippen LogP contribution in [-0.4, -0.2) is 15.7 Å². The standard InChI is InChI=1S/C13H10BrClF3N3O/c1-2-21-6-8(14)11(20-21)12(22)19-10-5-7(13(16,17)18)3-4-9(10)15/h3-6H,2H2,1H3,(H,19,22). The molecule has 1 heterocycles. The quantitative estimate of drug-likeness (QED) is 0.825. The van der Waals surface area contributed by atoms with E-state index in [1.165, 1.54) is 4.68 Å². The predicted octanol–water partition coefficient (Wildman–Crippen LogP) is 4.59. The van der Waals surface area contributed by atoms with Gasteiger partial charge in [0.15, 0.2) is 5.69 Å². The van der Waals surface area contributed by atoms with E-state index in [1.807, 2.05) is 6.92 Å². The van der Waals surface area contributed by atoms with Crippen molar-refractivity contribution < 1.29 is 18.0 Å². The van der Waals surface area contributed by atoms with Crippen LogP contribution in [0, 0.1) is 0 Å². The lowest BCUT2D eigenvalue weighted by Gasteiger charge is -2.11. The van der Waals surface area contributed by atoms with Crippen molar-refractivity contribution in [3.63, 3.8) is 0 Å². The van der Waals surface area contributed by atoms with E-state index in [1.54, 1.807) is 6.20 Å². The topological polar surface area (TPSA) is 46.9 Å². The molecule has 0 aliphatic rings. The molecule has 1 aromatic heterocycles. The first-order valence-electron chi connectivity index (χ1n) is 6.13. The number of aryl methyl sites for hydroxylation is 1. The lowest BCUT2D eigenvalue weighted by atomic mass is 10.2. The van der Waals surface area contributed by atoms with Crippen molar-refractivity contribution in [2.45, 2.75) is 19.6 Å². The molecule has 1 aromatic carbocycles. The molecule has 0 radical (unpaired) electrons. The highest BCUT2D eigenvalue weighted by molar-refractivity contribution is 9.10. The molecule has 2 aromatic rings. The molecule has 2 rings (SSSR count). The highest BCUT2D eigenvalue weighted by Crippen LogP contribution is 2.34. The first kappa shape index (κ1) is 16.8. The molecular weight excluding hydrogens is 387 g/mol. The minimum absolute atomic E-state index is 0.00685. The van der Waals surface area contributed by atoms with Crippen molar-refractivity contribution in [3.05, 3.63) is 45.1 Å². The Labute approximate surface area is 137 Å². The van der Waals surface area contributed by atoms with Crippen LogP contribution in [0.1, 0.15) is 23.0 Å². The van der Waals surface area contributed by atoms with Crippen molar-refractivity contribution >= 4 is 39.1 Å². The predicted molar refractivity (Wildman–Crippen MR) is 80.0 cm³/mol. The number of carbonyl (C=O) groups excluding carboxylic acids is 1. The van der Waals surface area contributed by atoms with Gasteiger partial charge in [-0.05, 0) is 41.1 Å². The van der Waals surface area contributed by atoms with Crippen molar-refractivity contribution in [3.8, 4) is 0 Å². The summed E-state index contributed by atoms with van der Waals surface area (Å²) in [5, 5.41) is 6.37. The van der Waals surface area contributed by atoms with Crippen LogP contribution >= 0.6 is 27.5 Å². The van der Waals surface area contributed by atoms with Gasteiger partial charge in [-0.15, -0.1) is 0 Å². The largest absolute Gasteiger partial charge is 0.416 e. The number of hydrogen-bond acceptors (Lipinski definition) is 2. The Morgan fingerprint density at radius 1 is 1.45 bits per heavy atom. The summed E-state index contributed by atoms with van der Waals surface area (Å²) in [5.41, 5.74) is -0.958. The van der Waals surface area contributed by atoms with Gasteiger partial charge in [-0.2, -0.15) is 18.3 Å². The Balaban J connectivity index is 2.30. The molecule has 0 aliphatic carbocycles. The molecule has 0 aliphatic heterocycles. The Kier molecular flexibility index (Phi) is 4.81. The van der Waals surface area contributed by atoms with E-state index >= 15 is 0 Å². The van der Waals surface area contributed by atoms with Gasteiger partial charge in [0, 0.05) is 12.7 Å². The Morgan fingerprint density at radius 2 is 2.14 bits per heavy atom. The number of rotatable bonds is 3. The molecule has 0 atom stereocenters. The zero-order valence-corrected chi connectivity index (χ0v) is 13.6. The van der Waals surface area contributed by atoms with E-state index in [2.05, 4.69) is 26.3 Å². The van der Waals surface area contributed by atoms with Crippen LogP contribution in [0.3, 0.4) is 0 Å². The summed E-state index contributed by atoms with van der Waals surface area (Å²) in [5.74, 6) is -0.653. The molecule has 0 bridgehead atoms. The number of anilines is 1. The summed E-state index contributed by atoms with van der Waals surface area (Å²) in [7, 11) is 0. The van der Waals surface area contributed by atoms with E-state index in [9.17, 15) is 18.0 Å².